The summed E-state index contributed by atoms with van der Waals surface area (Å²) in [5, 5.41) is 3.49. The number of rotatable bonds is 5. The molecule has 2 rings (SSSR count). The summed E-state index contributed by atoms with van der Waals surface area (Å²) in [5.41, 5.74) is 0. The van der Waals surface area contributed by atoms with Crippen LogP contribution in [-0.2, 0) is 0 Å². The fourth-order valence-corrected chi connectivity index (χ4v) is 2.45. The minimum atomic E-state index is -2.23. The van der Waals surface area contributed by atoms with Gasteiger partial charge in [0, 0.05) is 6.04 Å². The van der Waals surface area contributed by atoms with Crippen molar-refractivity contribution in [3.63, 3.8) is 0 Å². The van der Waals surface area contributed by atoms with Gasteiger partial charge in [-0.25, -0.2) is 8.78 Å². The maximum Gasteiger partial charge on any atom is 0.251 e. The highest BCUT2D eigenvalue weighted by Gasteiger charge is 2.23. The van der Waals surface area contributed by atoms with Crippen LogP contribution in [0.1, 0.15) is 31.6 Å². The molecule has 0 radical (unpaired) electrons. The Balaban J connectivity index is 1.73. The van der Waals surface area contributed by atoms with E-state index in [9.17, 15) is 8.78 Å². The lowest BCUT2D eigenvalue weighted by atomic mass is 10.0. The van der Waals surface area contributed by atoms with Gasteiger partial charge in [0.1, 0.15) is 5.76 Å². The van der Waals surface area contributed by atoms with Crippen molar-refractivity contribution in [1.29, 1.82) is 0 Å². The molecule has 1 aliphatic rings. The fourth-order valence-electron chi connectivity index (χ4n) is 2.45. The van der Waals surface area contributed by atoms with Crippen molar-refractivity contribution in [2.45, 2.75) is 38.3 Å². The Hall–Kier alpha value is -0.940. The van der Waals surface area contributed by atoms with Gasteiger partial charge < -0.3 is 9.73 Å². The van der Waals surface area contributed by atoms with Crippen LogP contribution in [0.3, 0.4) is 0 Å². The maximum atomic E-state index is 12.2. The lowest BCUT2D eigenvalue weighted by Crippen LogP contribution is -2.44. The van der Waals surface area contributed by atoms with Crippen LogP contribution in [0, 0.1) is 0 Å². The van der Waals surface area contributed by atoms with Crippen LogP contribution in [0.25, 0.3) is 0 Å². The van der Waals surface area contributed by atoms with E-state index in [0.29, 0.717) is 6.04 Å². The molecule has 1 unspecified atom stereocenters. The van der Waals surface area contributed by atoms with E-state index in [-0.39, 0.29) is 12.6 Å². The molecule has 102 valence electrons. The first-order chi connectivity index (χ1) is 8.65. The molecule has 1 atom stereocenters. The number of piperidine rings is 1. The summed E-state index contributed by atoms with van der Waals surface area (Å²) < 4.78 is 29.8. The second kappa shape index (κ2) is 6.29. The van der Waals surface area contributed by atoms with Crippen LogP contribution in [0.2, 0.25) is 0 Å². The molecular formula is C13H20F2N2O. The molecule has 1 fully saturated rings. The van der Waals surface area contributed by atoms with Gasteiger partial charge in [-0.3, -0.25) is 4.90 Å². The third-order valence-corrected chi connectivity index (χ3v) is 3.44. The molecule has 0 bridgehead atoms. The van der Waals surface area contributed by atoms with Crippen molar-refractivity contribution in [3.05, 3.63) is 24.2 Å². The molecule has 2 heterocycles. The molecule has 1 aromatic heterocycles. The lowest BCUT2D eigenvalue weighted by molar-refractivity contribution is 0.0720. The standard InChI is InChI=1S/C13H20F2N2O/c1-10(12-3-2-8-18-12)16-11-4-6-17(7-5-11)9-13(14)15/h2-3,8,10-11,13,16H,4-7,9H2,1H3. The molecule has 5 heteroatoms. The normalized spacial score (nSPS) is 20.4. The highest BCUT2D eigenvalue weighted by molar-refractivity contribution is 5.03. The van der Waals surface area contributed by atoms with Gasteiger partial charge in [0.15, 0.2) is 0 Å². The number of hydrogen-bond donors (Lipinski definition) is 1. The topological polar surface area (TPSA) is 28.4 Å². The monoisotopic (exact) mass is 258 g/mol. The van der Waals surface area contributed by atoms with Crippen molar-refractivity contribution >= 4 is 0 Å². The van der Waals surface area contributed by atoms with Crippen LogP contribution in [0.15, 0.2) is 22.8 Å². The van der Waals surface area contributed by atoms with E-state index in [4.69, 9.17) is 4.42 Å². The predicted octanol–water partition coefficient (Wildman–Crippen LogP) is 2.66. The highest BCUT2D eigenvalue weighted by atomic mass is 19.3. The third kappa shape index (κ3) is 3.78. The van der Waals surface area contributed by atoms with E-state index in [2.05, 4.69) is 12.2 Å². The number of likely N-dealkylation sites (tertiary alicyclic amines) is 1. The Morgan fingerprint density at radius 3 is 2.72 bits per heavy atom. The van der Waals surface area contributed by atoms with Crippen LogP contribution < -0.4 is 5.32 Å². The Kier molecular flexibility index (Phi) is 4.72. The summed E-state index contributed by atoms with van der Waals surface area (Å²) >= 11 is 0. The van der Waals surface area contributed by atoms with Crippen molar-refractivity contribution < 1.29 is 13.2 Å². The average molecular weight is 258 g/mol. The SMILES string of the molecule is CC(NC1CCN(CC(F)F)CC1)c1ccco1. The molecule has 1 aliphatic heterocycles. The second-order valence-electron chi connectivity index (χ2n) is 4.87. The van der Waals surface area contributed by atoms with Crippen molar-refractivity contribution in [2.75, 3.05) is 19.6 Å². The first-order valence-electron chi connectivity index (χ1n) is 6.45. The lowest BCUT2D eigenvalue weighted by Gasteiger charge is -2.33. The third-order valence-electron chi connectivity index (χ3n) is 3.44. The summed E-state index contributed by atoms with van der Waals surface area (Å²) in [6, 6.07) is 4.38. The largest absolute Gasteiger partial charge is 0.468 e. The van der Waals surface area contributed by atoms with E-state index in [1.807, 2.05) is 17.0 Å². The highest BCUT2D eigenvalue weighted by Crippen LogP contribution is 2.18. The van der Waals surface area contributed by atoms with E-state index in [1.54, 1.807) is 6.26 Å². The summed E-state index contributed by atoms with van der Waals surface area (Å²) in [6.45, 7) is 3.45. The number of halogens is 2. The molecule has 1 saturated heterocycles. The van der Waals surface area contributed by atoms with Gasteiger partial charge in [-0.1, -0.05) is 0 Å². The summed E-state index contributed by atoms with van der Waals surface area (Å²) in [6.07, 6.45) is 1.27. The quantitative estimate of drug-likeness (QED) is 0.880. The molecule has 0 saturated carbocycles. The molecular weight excluding hydrogens is 238 g/mol. The van der Waals surface area contributed by atoms with Crippen molar-refractivity contribution in [2.24, 2.45) is 0 Å². The number of alkyl halides is 2. The number of nitrogens with one attached hydrogen (secondary N) is 1. The second-order valence-corrected chi connectivity index (χ2v) is 4.87. The van der Waals surface area contributed by atoms with Crippen LogP contribution >= 0.6 is 0 Å². The Bertz CT molecular complexity index is 335. The van der Waals surface area contributed by atoms with Crippen LogP contribution in [0.4, 0.5) is 8.78 Å². The van der Waals surface area contributed by atoms with Crippen molar-refractivity contribution in [1.82, 2.24) is 10.2 Å². The van der Waals surface area contributed by atoms with Crippen LogP contribution in [0.5, 0.6) is 0 Å². The molecule has 3 nitrogen and oxygen atoms in total. The average Bonchev–Trinajstić information content (AvgIpc) is 2.84. The Morgan fingerprint density at radius 2 is 2.17 bits per heavy atom. The van der Waals surface area contributed by atoms with Gasteiger partial charge in [-0.15, -0.1) is 0 Å². The zero-order chi connectivity index (χ0) is 13.0. The maximum absolute atomic E-state index is 12.2. The van der Waals surface area contributed by atoms with E-state index >= 15 is 0 Å². The molecule has 1 N–H and O–H groups in total. The smallest absolute Gasteiger partial charge is 0.251 e. The van der Waals surface area contributed by atoms with Crippen molar-refractivity contribution in [3.8, 4) is 0 Å². The first kappa shape index (κ1) is 13.5. The summed E-state index contributed by atoms with van der Waals surface area (Å²) in [7, 11) is 0. The number of furan rings is 1. The van der Waals surface area contributed by atoms with Crippen LogP contribution in [-0.4, -0.2) is 37.0 Å². The molecule has 0 aromatic carbocycles. The molecule has 0 aliphatic carbocycles. The molecule has 18 heavy (non-hydrogen) atoms. The summed E-state index contributed by atoms with van der Waals surface area (Å²) in [5.74, 6) is 0.921. The van der Waals surface area contributed by atoms with E-state index in [1.165, 1.54) is 0 Å². The zero-order valence-electron chi connectivity index (χ0n) is 10.6. The molecule has 0 spiro atoms. The first-order valence-corrected chi connectivity index (χ1v) is 6.45. The van der Waals surface area contributed by atoms with Gasteiger partial charge in [-0.2, -0.15) is 0 Å². The van der Waals surface area contributed by atoms with Gasteiger partial charge in [0.25, 0.3) is 6.43 Å². The van der Waals surface area contributed by atoms with Gasteiger partial charge >= 0.3 is 0 Å². The number of hydrogen-bond acceptors (Lipinski definition) is 3. The minimum absolute atomic E-state index is 0.0968. The van der Waals surface area contributed by atoms with E-state index in [0.717, 1.165) is 31.7 Å². The Labute approximate surface area is 106 Å². The van der Waals surface area contributed by atoms with Gasteiger partial charge in [-0.05, 0) is 45.0 Å². The predicted molar refractivity (Wildman–Crippen MR) is 65.7 cm³/mol. The van der Waals surface area contributed by atoms with Gasteiger partial charge in [0.05, 0.1) is 18.8 Å². The fraction of sp³-hybridized carbons (Fsp3) is 0.692. The van der Waals surface area contributed by atoms with Gasteiger partial charge in [0.2, 0.25) is 0 Å². The summed E-state index contributed by atoms with van der Waals surface area (Å²) in [4.78, 5) is 1.83. The molecule has 0 amide bonds. The number of nitrogens with zero attached hydrogens (tertiary/aromatic N) is 1. The molecule has 1 aromatic rings. The minimum Gasteiger partial charge on any atom is -0.468 e. The zero-order valence-corrected chi connectivity index (χ0v) is 10.6. The Morgan fingerprint density at radius 1 is 1.44 bits per heavy atom. The van der Waals surface area contributed by atoms with E-state index < -0.39 is 6.43 Å².